The van der Waals surface area contributed by atoms with Crippen molar-refractivity contribution < 1.29 is 13.2 Å². The molecule has 0 unspecified atom stereocenters. The van der Waals surface area contributed by atoms with Crippen molar-refractivity contribution in [3.05, 3.63) is 24.3 Å². The first-order valence-electron chi connectivity index (χ1n) is 5.86. The van der Waals surface area contributed by atoms with Crippen LogP contribution in [-0.4, -0.2) is 35.7 Å². The highest BCUT2D eigenvalue weighted by Crippen LogP contribution is 2.13. The summed E-state index contributed by atoms with van der Waals surface area (Å²) in [6, 6.07) is 6.70. The van der Waals surface area contributed by atoms with Gasteiger partial charge in [-0.25, -0.2) is 13.1 Å². The van der Waals surface area contributed by atoms with Crippen molar-refractivity contribution in [2.45, 2.75) is 17.7 Å². The summed E-state index contributed by atoms with van der Waals surface area (Å²) >= 11 is 0. The molecule has 0 saturated carbocycles. The van der Waals surface area contributed by atoms with E-state index in [1.165, 1.54) is 7.05 Å². The maximum Gasteiger partial charge on any atom is 0.240 e. The zero-order valence-corrected chi connectivity index (χ0v) is 11.6. The van der Waals surface area contributed by atoms with Crippen LogP contribution in [-0.2, 0) is 14.8 Å². The van der Waals surface area contributed by atoms with Gasteiger partial charge in [-0.2, -0.15) is 0 Å². The van der Waals surface area contributed by atoms with Crippen LogP contribution in [0, 0.1) is 0 Å². The molecule has 0 radical (unpaired) electrons. The van der Waals surface area contributed by atoms with Gasteiger partial charge in [0.15, 0.2) is 0 Å². The lowest BCUT2D eigenvalue weighted by Crippen LogP contribution is -2.18. The van der Waals surface area contributed by atoms with Gasteiger partial charge in [0.25, 0.3) is 0 Å². The monoisotopic (exact) mass is 272 g/mol. The molecule has 0 atom stereocenters. The number of ether oxygens (including phenoxy) is 1. The number of unbranched alkanes of at least 4 members (excludes halogenated alkanes) is 1. The minimum atomic E-state index is -3.34. The van der Waals surface area contributed by atoms with E-state index in [0.717, 1.165) is 31.7 Å². The molecule has 0 aliphatic carbocycles. The molecule has 0 saturated heterocycles. The van der Waals surface area contributed by atoms with E-state index in [1.807, 2.05) is 0 Å². The fourth-order valence-corrected chi connectivity index (χ4v) is 2.20. The predicted octanol–water partition coefficient (Wildman–Crippen LogP) is 1.43. The van der Waals surface area contributed by atoms with Crippen LogP contribution in [0.2, 0.25) is 0 Å². The van der Waals surface area contributed by atoms with Crippen molar-refractivity contribution in [2.24, 2.45) is 0 Å². The molecule has 0 aliphatic heterocycles. The van der Waals surface area contributed by atoms with Gasteiger partial charge in [-0.05, 0) is 44.2 Å². The Bertz CT molecular complexity index is 443. The van der Waals surface area contributed by atoms with Crippen LogP contribution in [0.25, 0.3) is 0 Å². The minimum Gasteiger partial charge on any atom is -0.385 e. The molecule has 18 heavy (non-hydrogen) atoms. The summed E-state index contributed by atoms with van der Waals surface area (Å²) in [5.41, 5.74) is 0.919. The van der Waals surface area contributed by atoms with Crippen LogP contribution in [0.3, 0.4) is 0 Å². The first-order chi connectivity index (χ1) is 8.60. The van der Waals surface area contributed by atoms with Crippen molar-refractivity contribution in [1.82, 2.24) is 4.72 Å². The topological polar surface area (TPSA) is 67.4 Å². The van der Waals surface area contributed by atoms with Crippen LogP contribution in [0.4, 0.5) is 5.69 Å². The molecule has 0 spiro atoms. The van der Waals surface area contributed by atoms with Gasteiger partial charge >= 0.3 is 0 Å². The van der Waals surface area contributed by atoms with Crippen molar-refractivity contribution in [3.8, 4) is 0 Å². The SMILES string of the molecule is CNS(=O)(=O)c1ccc(NCCCCOC)cc1. The Morgan fingerprint density at radius 3 is 2.39 bits per heavy atom. The summed E-state index contributed by atoms with van der Waals surface area (Å²) in [6.07, 6.45) is 2.03. The fourth-order valence-electron chi connectivity index (χ4n) is 1.47. The minimum absolute atomic E-state index is 0.273. The third-order valence-corrected chi connectivity index (χ3v) is 3.97. The molecule has 6 heteroatoms. The smallest absolute Gasteiger partial charge is 0.240 e. The highest BCUT2D eigenvalue weighted by atomic mass is 32.2. The molecule has 0 bridgehead atoms. The van der Waals surface area contributed by atoms with E-state index in [0.29, 0.717) is 0 Å². The first kappa shape index (κ1) is 14.9. The fraction of sp³-hybridized carbons (Fsp3) is 0.500. The lowest BCUT2D eigenvalue weighted by Gasteiger charge is -2.07. The molecule has 5 nitrogen and oxygen atoms in total. The van der Waals surface area contributed by atoms with Gasteiger partial charge in [0.2, 0.25) is 10.0 Å². The van der Waals surface area contributed by atoms with Gasteiger partial charge in [0.05, 0.1) is 4.90 Å². The van der Waals surface area contributed by atoms with E-state index in [9.17, 15) is 8.42 Å². The van der Waals surface area contributed by atoms with E-state index in [-0.39, 0.29) is 4.90 Å². The molecular weight excluding hydrogens is 252 g/mol. The number of rotatable bonds is 8. The largest absolute Gasteiger partial charge is 0.385 e. The Kier molecular flexibility index (Phi) is 6.11. The molecular formula is C12H20N2O3S. The normalized spacial score (nSPS) is 11.4. The average Bonchev–Trinajstić information content (AvgIpc) is 2.39. The first-order valence-corrected chi connectivity index (χ1v) is 7.35. The molecule has 1 aromatic carbocycles. The summed E-state index contributed by atoms with van der Waals surface area (Å²) in [5.74, 6) is 0. The van der Waals surface area contributed by atoms with Crippen molar-refractivity contribution in [1.29, 1.82) is 0 Å². The summed E-state index contributed by atoms with van der Waals surface area (Å²) in [7, 11) is -0.253. The Morgan fingerprint density at radius 2 is 1.83 bits per heavy atom. The van der Waals surface area contributed by atoms with E-state index in [2.05, 4.69) is 10.0 Å². The lowest BCUT2D eigenvalue weighted by atomic mass is 10.3. The summed E-state index contributed by atoms with van der Waals surface area (Å²) in [5, 5.41) is 3.23. The highest BCUT2D eigenvalue weighted by molar-refractivity contribution is 7.89. The van der Waals surface area contributed by atoms with Crippen molar-refractivity contribution >= 4 is 15.7 Å². The third kappa shape index (κ3) is 4.64. The number of anilines is 1. The van der Waals surface area contributed by atoms with Gasteiger partial charge in [-0.1, -0.05) is 0 Å². The maximum absolute atomic E-state index is 11.5. The third-order valence-electron chi connectivity index (χ3n) is 2.54. The summed E-state index contributed by atoms with van der Waals surface area (Å²) < 4.78 is 30.2. The highest BCUT2D eigenvalue weighted by Gasteiger charge is 2.09. The lowest BCUT2D eigenvalue weighted by molar-refractivity contribution is 0.194. The molecule has 1 aromatic rings. The molecule has 2 N–H and O–H groups in total. The molecule has 0 fully saturated rings. The maximum atomic E-state index is 11.5. The second-order valence-corrected chi connectivity index (χ2v) is 5.75. The van der Waals surface area contributed by atoms with Gasteiger partial charge in [-0.15, -0.1) is 0 Å². The zero-order valence-electron chi connectivity index (χ0n) is 10.8. The number of hydrogen-bond donors (Lipinski definition) is 2. The number of sulfonamides is 1. The van der Waals surface area contributed by atoms with E-state index >= 15 is 0 Å². The summed E-state index contributed by atoms with van der Waals surface area (Å²) in [4.78, 5) is 0.273. The van der Waals surface area contributed by atoms with Gasteiger partial charge < -0.3 is 10.1 Å². The van der Waals surface area contributed by atoms with Crippen LogP contribution in [0.5, 0.6) is 0 Å². The second-order valence-electron chi connectivity index (χ2n) is 3.86. The quantitative estimate of drug-likeness (QED) is 0.703. The number of benzene rings is 1. The van der Waals surface area contributed by atoms with Crippen molar-refractivity contribution in [3.63, 3.8) is 0 Å². The number of nitrogens with one attached hydrogen (secondary N) is 2. The number of hydrogen-bond acceptors (Lipinski definition) is 4. The van der Waals surface area contributed by atoms with Gasteiger partial charge in [0.1, 0.15) is 0 Å². The van der Waals surface area contributed by atoms with Gasteiger partial charge in [-0.3, -0.25) is 0 Å². The van der Waals surface area contributed by atoms with Crippen LogP contribution in [0.15, 0.2) is 29.2 Å². The Labute approximate surface area is 109 Å². The standard InChI is InChI=1S/C12H20N2O3S/c1-13-18(15,16)12-7-5-11(6-8-12)14-9-3-4-10-17-2/h5-8,13-14H,3-4,9-10H2,1-2H3. The second kappa shape index (κ2) is 7.35. The van der Waals surface area contributed by atoms with Crippen LogP contribution >= 0.6 is 0 Å². The van der Waals surface area contributed by atoms with Crippen molar-refractivity contribution in [2.75, 3.05) is 32.6 Å². The number of methoxy groups -OCH3 is 1. The van der Waals surface area contributed by atoms with Crippen LogP contribution in [0.1, 0.15) is 12.8 Å². The molecule has 0 heterocycles. The Balaban J connectivity index is 2.46. The Hall–Kier alpha value is -1.11. The Morgan fingerprint density at radius 1 is 1.17 bits per heavy atom. The summed E-state index contributed by atoms with van der Waals surface area (Å²) in [6.45, 7) is 1.61. The zero-order chi connectivity index (χ0) is 13.4. The predicted molar refractivity (Wildman–Crippen MR) is 72.3 cm³/mol. The molecule has 0 aromatic heterocycles. The van der Waals surface area contributed by atoms with E-state index in [1.54, 1.807) is 31.4 Å². The molecule has 0 amide bonds. The van der Waals surface area contributed by atoms with E-state index in [4.69, 9.17) is 4.74 Å². The molecule has 0 aliphatic rings. The molecule has 102 valence electrons. The van der Waals surface area contributed by atoms with Crippen LogP contribution < -0.4 is 10.0 Å². The van der Waals surface area contributed by atoms with Gasteiger partial charge in [0, 0.05) is 25.9 Å². The average molecular weight is 272 g/mol. The molecule has 1 rings (SSSR count). The van der Waals surface area contributed by atoms with E-state index < -0.39 is 10.0 Å².